The monoisotopic (exact) mass is 376 g/mol. The van der Waals surface area contributed by atoms with Crippen LogP contribution in [0.25, 0.3) is 11.1 Å². The van der Waals surface area contributed by atoms with E-state index in [0.29, 0.717) is 0 Å². The molecule has 3 aromatic carbocycles. The highest BCUT2D eigenvalue weighted by Crippen LogP contribution is 2.34. The smallest absolute Gasteiger partial charge is 0.0446 e. The first kappa shape index (κ1) is 19.7. The van der Waals surface area contributed by atoms with Gasteiger partial charge in [-0.25, -0.2) is 0 Å². The van der Waals surface area contributed by atoms with Crippen LogP contribution in [0.4, 0.5) is 0 Å². The Morgan fingerprint density at radius 1 is 0.704 bits per heavy atom. The van der Waals surface area contributed by atoms with E-state index in [1.807, 2.05) is 0 Å². The Kier molecular flexibility index (Phi) is 5.49. The lowest BCUT2D eigenvalue weighted by atomic mass is 9.78. The molecule has 0 aliphatic carbocycles. The van der Waals surface area contributed by atoms with Crippen molar-refractivity contribution in [1.29, 1.82) is 0 Å². The summed E-state index contributed by atoms with van der Waals surface area (Å²) in [7, 11) is 0. The van der Waals surface area contributed by atoms with Crippen LogP contribution < -0.4 is 0 Å². The second-order valence-corrected chi connectivity index (χ2v) is 9.48. The SMILES string of the molecule is CC(C)(C)c1ccc(CC(C)(C)c2ccc(-c3ccccc3)cc2)cc1Cl. The molecule has 0 aromatic heterocycles. The average Bonchev–Trinajstić information content (AvgIpc) is 2.61. The fourth-order valence-corrected chi connectivity index (χ4v) is 4.12. The Morgan fingerprint density at radius 3 is 1.85 bits per heavy atom. The summed E-state index contributed by atoms with van der Waals surface area (Å²) in [5.74, 6) is 0. The molecule has 0 heterocycles. The standard InChI is InChI=1S/C26H29Cl/c1-25(2,3)23-16-11-19(17-24(23)27)18-26(4,5)22-14-12-21(13-15-22)20-9-7-6-8-10-20/h6-17H,18H2,1-5H3. The second-order valence-electron chi connectivity index (χ2n) is 9.07. The number of hydrogen-bond acceptors (Lipinski definition) is 0. The first-order valence-electron chi connectivity index (χ1n) is 9.62. The molecule has 1 heteroatoms. The van der Waals surface area contributed by atoms with Gasteiger partial charge in [0.15, 0.2) is 0 Å². The fraction of sp³-hybridized carbons (Fsp3) is 0.308. The van der Waals surface area contributed by atoms with Crippen molar-refractivity contribution in [3.63, 3.8) is 0 Å². The van der Waals surface area contributed by atoms with Gasteiger partial charge in [0.25, 0.3) is 0 Å². The molecule has 0 nitrogen and oxygen atoms in total. The van der Waals surface area contributed by atoms with Crippen molar-refractivity contribution in [3.05, 3.63) is 94.5 Å². The Labute approximate surface area is 169 Å². The van der Waals surface area contributed by atoms with Crippen LogP contribution in [0.1, 0.15) is 51.3 Å². The summed E-state index contributed by atoms with van der Waals surface area (Å²) in [6.45, 7) is 11.2. The molecule has 0 saturated carbocycles. The zero-order valence-electron chi connectivity index (χ0n) is 17.0. The van der Waals surface area contributed by atoms with Gasteiger partial charge in [-0.05, 0) is 51.1 Å². The Morgan fingerprint density at radius 2 is 1.30 bits per heavy atom. The predicted molar refractivity (Wildman–Crippen MR) is 119 cm³/mol. The molecule has 0 aliphatic rings. The maximum Gasteiger partial charge on any atom is 0.0446 e. The quantitative estimate of drug-likeness (QED) is 0.435. The van der Waals surface area contributed by atoms with Crippen molar-refractivity contribution < 1.29 is 0 Å². The Bertz CT molecular complexity index is 897. The zero-order chi connectivity index (χ0) is 19.7. The largest absolute Gasteiger partial charge is 0.0840 e. The normalized spacial score (nSPS) is 12.2. The lowest BCUT2D eigenvalue weighted by Gasteiger charge is -2.27. The van der Waals surface area contributed by atoms with Crippen molar-refractivity contribution in [2.75, 3.05) is 0 Å². The van der Waals surface area contributed by atoms with Crippen LogP contribution in [-0.2, 0) is 17.3 Å². The van der Waals surface area contributed by atoms with Gasteiger partial charge in [0.2, 0.25) is 0 Å². The van der Waals surface area contributed by atoms with Gasteiger partial charge in [-0.15, -0.1) is 0 Å². The van der Waals surface area contributed by atoms with E-state index in [0.717, 1.165) is 11.4 Å². The van der Waals surface area contributed by atoms with Crippen LogP contribution >= 0.6 is 11.6 Å². The van der Waals surface area contributed by atoms with Crippen molar-refractivity contribution in [3.8, 4) is 11.1 Å². The number of benzene rings is 3. The number of hydrogen-bond donors (Lipinski definition) is 0. The molecule has 0 radical (unpaired) electrons. The van der Waals surface area contributed by atoms with E-state index < -0.39 is 0 Å². The summed E-state index contributed by atoms with van der Waals surface area (Å²) in [6, 6.07) is 26.0. The molecule has 0 atom stereocenters. The molecule has 0 amide bonds. The summed E-state index contributed by atoms with van der Waals surface area (Å²) in [5.41, 5.74) is 6.46. The molecule has 3 aromatic rings. The summed E-state index contributed by atoms with van der Waals surface area (Å²) in [5, 5.41) is 0.871. The topological polar surface area (TPSA) is 0 Å². The molecule has 0 saturated heterocycles. The molecule has 27 heavy (non-hydrogen) atoms. The molecule has 0 spiro atoms. The van der Waals surface area contributed by atoms with Crippen LogP contribution in [0.5, 0.6) is 0 Å². The van der Waals surface area contributed by atoms with Crippen LogP contribution in [0, 0.1) is 0 Å². The third-order valence-electron chi connectivity index (χ3n) is 5.26. The maximum absolute atomic E-state index is 6.58. The number of rotatable bonds is 4. The summed E-state index contributed by atoms with van der Waals surface area (Å²) in [4.78, 5) is 0. The van der Waals surface area contributed by atoms with Gasteiger partial charge in [-0.1, -0.05) is 113 Å². The minimum atomic E-state index is 0.0434. The maximum atomic E-state index is 6.58. The minimum absolute atomic E-state index is 0.0434. The average molecular weight is 377 g/mol. The highest BCUT2D eigenvalue weighted by molar-refractivity contribution is 6.31. The molecular weight excluding hydrogens is 348 g/mol. The molecule has 0 unspecified atom stereocenters. The van der Waals surface area contributed by atoms with Gasteiger partial charge in [0.1, 0.15) is 0 Å². The molecule has 3 rings (SSSR count). The molecule has 0 fully saturated rings. The van der Waals surface area contributed by atoms with Gasteiger partial charge in [0.05, 0.1) is 0 Å². The van der Waals surface area contributed by atoms with Crippen molar-refractivity contribution in [2.45, 2.75) is 51.9 Å². The van der Waals surface area contributed by atoms with E-state index in [-0.39, 0.29) is 10.8 Å². The molecular formula is C26H29Cl. The summed E-state index contributed by atoms with van der Waals surface area (Å²) in [6.07, 6.45) is 0.960. The molecule has 140 valence electrons. The first-order valence-corrected chi connectivity index (χ1v) is 9.99. The van der Waals surface area contributed by atoms with E-state index in [1.165, 1.54) is 27.8 Å². The number of halogens is 1. The second kappa shape index (κ2) is 7.52. The molecule has 0 N–H and O–H groups in total. The van der Waals surface area contributed by atoms with Gasteiger partial charge >= 0.3 is 0 Å². The van der Waals surface area contributed by atoms with Gasteiger partial charge in [-0.3, -0.25) is 0 Å². The fourth-order valence-electron chi connectivity index (χ4n) is 3.63. The van der Waals surface area contributed by atoms with E-state index in [9.17, 15) is 0 Å². The lowest BCUT2D eigenvalue weighted by molar-refractivity contribution is 0.522. The summed E-state index contributed by atoms with van der Waals surface area (Å²) < 4.78 is 0. The van der Waals surface area contributed by atoms with Crippen LogP contribution in [0.2, 0.25) is 5.02 Å². The highest BCUT2D eigenvalue weighted by Gasteiger charge is 2.23. The molecule has 0 aliphatic heterocycles. The minimum Gasteiger partial charge on any atom is -0.0840 e. The highest BCUT2D eigenvalue weighted by atomic mass is 35.5. The lowest BCUT2D eigenvalue weighted by Crippen LogP contribution is -2.20. The Hall–Kier alpha value is -2.05. The third-order valence-corrected chi connectivity index (χ3v) is 5.57. The van der Waals surface area contributed by atoms with Gasteiger partial charge in [0, 0.05) is 5.02 Å². The van der Waals surface area contributed by atoms with E-state index >= 15 is 0 Å². The van der Waals surface area contributed by atoms with Crippen LogP contribution in [0.15, 0.2) is 72.8 Å². The van der Waals surface area contributed by atoms with E-state index in [4.69, 9.17) is 11.6 Å². The predicted octanol–water partition coefficient (Wildman–Crippen LogP) is 7.82. The van der Waals surface area contributed by atoms with E-state index in [1.54, 1.807) is 0 Å². The van der Waals surface area contributed by atoms with E-state index in [2.05, 4.69) is 107 Å². The van der Waals surface area contributed by atoms with Crippen molar-refractivity contribution in [1.82, 2.24) is 0 Å². The van der Waals surface area contributed by atoms with Crippen LogP contribution in [0.3, 0.4) is 0 Å². The third kappa shape index (κ3) is 4.62. The van der Waals surface area contributed by atoms with Crippen molar-refractivity contribution >= 4 is 11.6 Å². The summed E-state index contributed by atoms with van der Waals surface area (Å²) >= 11 is 6.58. The zero-order valence-corrected chi connectivity index (χ0v) is 17.8. The Balaban J connectivity index is 1.81. The molecule has 0 bridgehead atoms. The first-order chi connectivity index (χ1) is 12.7. The van der Waals surface area contributed by atoms with Crippen molar-refractivity contribution in [2.24, 2.45) is 0 Å². The van der Waals surface area contributed by atoms with Gasteiger partial charge < -0.3 is 0 Å². The van der Waals surface area contributed by atoms with Gasteiger partial charge in [-0.2, -0.15) is 0 Å². The van der Waals surface area contributed by atoms with Crippen LogP contribution in [-0.4, -0.2) is 0 Å².